The Bertz CT molecular complexity index is 1120. The number of fused-ring (bicyclic) bond motifs is 1. The number of rotatable bonds is 5. The van der Waals surface area contributed by atoms with Crippen molar-refractivity contribution in [2.75, 3.05) is 0 Å². The van der Waals surface area contributed by atoms with E-state index in [2.05, 4.69) is 0 Å². The number of phenolic OH excluding ortho intramolecular Hbond substituents is 1. The van der Waals surface area contributed by atoms with Gasteiger partial charge in [0.15, 0.2) is 0 Å². The summed E-state index contributed by atoms with van der Waals surface area (Å²) in [5.74, 6) is -3.32. The van der Waals surface area contributed by atoms with Crippen LogP contribution in [-0.2, 0) is 4.79 Å². The minimum atomic E-state index is -1.00. The van der Waals surface area contributed by atoms with E-state index in [1.807, 2.05) is 13.8 Å². The highest BCUT2D eigenvalue weighted by atomic mass is 35.5. The molecule has 2 atom stereocenters. The van der Waals surface area contributed by atoms with Gasteiger partial charge in [0.25, 0.3) is 5.91 Å². The van der Waals surface area contributed by atoms with Crippen LogP contribution in [0.1, 0.15) is 47.8 Å². The van der Waals surface area contributed by atoms with Gasteiger partial charge in [0, 0.05) is 16.6 Å². The monoisotopic (exact) mass is 417 g/mol. The molecule has 2 N–H and O–H groups in total. The minimum Gasteiger partial charge on any atom is -0.508 e. The zero-order chi connectivity index (χ0) is 21.5. The van der Waals surface area contributed by atoms with E-state index in [4.69, 9.17) is 11.6 Å². The topological polar surface area (TPSA) is 79.5 Å². The Morgan fingerprint density at radius 1 is 1.21 bits per heavy atom. The molecule has 0 radical (unpaired) electrons. The molecule has 0 aliphatic carbocycles. The summed E-state index contributed by atoms with van der Waals surface area (Å²) in [4.78, 5) is 25.3. The average molecular weight is 418 g/mol. The Morgan fingerprint density at radius 2 is 1.90 bits per heavy atom. The Hall–Kier alpha value is -2.86. The highest BCUT2D eigenvalue weighted by Crippen LogP contribution is 2.38. The summed E-state index contributed by atoms with van der Waals surface area (Å²) in [6, 6.07) is 8.22. The molecule has 0 spiro atoms. The van der Waals surface area contributed by atoms with Gasteiger partial charge in [0.1, 0.15) is 11.6 Å². The fraction of sp³-hybridized carbons (Fsp3) is 0.273. The van der Waals surface area contributed by atoms with Crippen molar-refractivity contribution in [1.29, 1.82) is 0 Å². The summed E-state index contributed by atoms with van der Waals surface area (Å²) < 4.78 is 15.3. The van der Waals surface area contributed by atoms with Crippen LogP contribution >= 0.6 is 11.6 Å². The molecule has 29 heavy (non-hydrogen) atoms. The molecule has 2 aromatic carbocycles. The first-order chi connectivity index (χ1) is 13.7. The lowest BCUT2D eigenvalue weighted by molar-refractivity contribution is -0.140. The largest absolute Gasteiger partial charge is 0.508 e. The van der Waals surface area contributed by atoms with E-state index in [1.165, 1.54) is 28.8 Å². The molecule has 0 amide bonds. The lowest BCUT2D eigenvalue weighted by Crippen LogP contribution is -2.21. The van der Waals surface area contributed by atoms with Crippen LogP contribution in [0.15, 0.2) is 36.4 Å². The summed E-state index contributed by atoms with van der Waals surface area (Å²) >= 11 is 5.72. The second kappa shape index (κ2) is 7.87. The summed E-state index contributed by atoms with van der Waals surface area (Å²) in [6.07, 6.45) is 0.623. The third-order valence-electron chi connectivity index (χ3n) is 5.40. The number of halogens is 2. The van der Waals surface area contributed by atoms with Crippen molar-refractivity contribution in [3.05, 3.63) is 64.1 Å². The minimum absolute atomic E-state index is 0.0332. The van der Waals surface area contributed by atoms with Gasteiger partial charge in [-0.15, -0.1) is 0 Å². The van der Waals surface area contributed by atoms with Crippen LogP contribution in [0.5, 0.6) is 5.75 Å². The molecule has 0 saturated heterocycles. The van der Waals surface area contributed by atoms with Gasteiger partial charge < -0.3 is 10.2 Å². The quantitative estimate of drug-likeness (QED) is 0.586. The number of phenols is 1. The third-order valence-corrected chi connectivity index (χ3v) is 5.70. The molecule has 3 rings (SSSR count). The van der Waals surface area contributed by atoms with Crippen LogP contribution in [0.4, 0.5) is 4.39 Å². The number of aromatic hydroxyl groups is 1. The summed E-state index contributed by atoms with van der Waals surface area (Å²) in [6.45, 7) is 5.39. The zero-order valence-electron chi connectivity index (χ0n) is 16.2. The van der Waals surface area contributed by atoms with E-state index >= 15 is 0 Å². The van der Waals surface area contributed by atoms with E-state index in [-0.39, 0.29) is 22.3 Å². The first-order valence-corrected chi connectivity index (χ1v) is 9.61. The number of hydrogen-bond donors (Lipinski definition) is 2. The van der Waals surface area contributed by atoms with Gasteiger partial charge >= 0.3 is 5.97 Å². The Kier molecular flexibility index (Phi) is 5.66. The Balaban J connectivity index is 2.31. The van der Waals surface area contributed by atoms with Crippen LogP contribution in [-0.4, -0.2) is 26.7 Å². The first kappa shape index (κ1) is 20.9. The molecular weight excluding hydrogens is 397 g/mol. The van der Waals surface area contributed by atoms with Crippen molar-refractivity contribution < 1.29 is 24.2 Å². The first-order valence-electron chi connectivity index (χ1n) is 9.23. The Morgan fingerprint density at radius 3 is 2.48 bits per heavy atom. The van der Waals surface area contributed by atoms with Crippen molar-refractivity contribution in [3.63, 3.8) is 0 Å². The van der Waals surface area contributed by atoms with Crippen LogP contribution in [0.2, 0.25) is 5.02 Å². The van der Waals surface area contributed by atoms with Gasteiger partial charge in [-0.2, -0.15) is 0 Å². The maximum atomic E-state index is 13.9. The number of carbonyl (C=O) groups excluding carboxylic acids is 1. The maximum Gasteiger partial charge on any atom is 0.311 e. The second-order valence-corrected chi connectivity index (χ2v) is 7.58. The number of benzene rings is 2. The smallest absolute Gasteiger partial charge is 0.311 e. The summed E-state index contributed by atoms with van der Waals surface area (Å²) in [5.41, 5.74) is 1.45. The van der Waals surface area contributed by atoms with Gasteiger partial charge in [-0.3, -0.25) is 14.2 Å². The van der Waals surface area contributed by atoms with E-state index in [1.54, 1.807) is 13.0 Å². The highest BCUT2D eigenvalue weighted by Gasteiger charge is 2.32. The lowest BCUT2D eigenvalue weighted by Gasteiger charge is -2.20. The zero-order valence-corrected chi connectivity index (χ0v) is 17.0. The molecule has 7 heteroatoms. The molecule has 152 valence electrons. The molecule has 0 saturated carbocycles. The van der Waals surface area contributed by atoms with Gasteiger partial charge in [0.2, 0.25) is 0 Å². The van der Waals surface area contributed by atoms with Crippen LogP contribution in [0.25, 0.3) is 10.9 Å². The molecule has 1 aromatic heterocycles. The molecule has 0 aliphatic rings. The van der Waals surface area contributed by atoms with E-state index in [0.29, 0.717) is 28.6 Å². The number of hydrogen-bond acceptors (Lipinski definition) is 3. The molecule has 5 nitrogen and oxygen atoms in total. The molecule has 0 fully saturated rings. The van der Waals surface area contributed by atoms with E-state index in [0.717, 1.165) is 6.07 Å². The van der Waals surface area contributed by atoms with Crippen molar-refractivity contribution in [1.82, 2.24) is 4.57 Å². The predicted octanol–water partition coefficient (Wildman–Crippen LogP) is 5.35. The van der Waals surface area contributed by atoms with E-state index < -0.39 is 23.6 Å². The SMILES string of the molecule is CCC(C)[C@H](C(=O)O)c1c(C)n(C(=O)c2ccc(Cl)c(F)c2)c2ccc(O)cc12. The fourth-order valence-corrected chi connectivity index (χ4v) is 3.85. The van der Waals surface area contributed by atoms with Gasteiger partial charge in [-0.1, -0.05) is 31.9 Å². The molecule has 3 aromatic rings. The second-order valence-electron chi connectivity index (χ2n) is 7.17. The number of aliphatic carboxylic acids is 1. The van der Waals surface area contributed by atoms with Crippen LogP contribution in [0.3, 0.4) is 0 Å². The molecule has 1 heterocycles. The van der Waals surface area contributed by atoms with Crippen molar-refractivity contribution >= 4 is 34.4 Å². The molecule has 0 bridgehead atoms. The molecular formula is C22H21ClFNO4. The summed E-state index contributed by atoms with van der Waals surface area (Å²) in [5, 5.41) is 20.3. The Labute approximate surface area is 172 Å². The lowest BCUT2D eigenvalue weighted by atomic mass is 9.84. The number of carbonyl (C=O) groups is 2. The van der Waals surface area contributed by atoms with Crippen LogP contribution in [0, 0.1) is 18.7 Å². The number of carboxylic acids is 1. The van der Waals surface area contributed by atoms with Crippen molar-refractivity contribution in [2.45, 2.75) is 33.1 Å². The van der Waals surface area contributed by atoms with Crippen LogP contribution < -0.4 is 0 Å². The van der Waals surface area contributed by atoms with Gasteiger partial charge in [0.05, 0.1) is 16.5 Å². The van der Waals surface area contributed by atoms with Gasteiger partial charge in [-0.25, -0.2) is 4.39 Å². The summed E-state index contributed by atoms with van der Waals surface area (Å²) in [7, 11) is 0. The van der Waals surface area contributed by atoms with Gasteiger partial charge in [-0.05, 0) is 54.8 Å². The molecule has 0 aliphatic heterocycles. The van der Waals surface area contributed by atoms with Crippen molar-refractivity contribution in [3.8, 4) is 5.75 Å². The fourth-order valence-electron chi connectivity index (χ4n) is 3.73. The average Bonchev–Trinajstić information content (AvgIpc) is 2.94. The highest BCUT2D eigenvalue weighted by molar-refractivity contribution is 6.30. The number of aromatic nitrogens is 1. The maximum absolute atomic E-state index is 13.9. The number of carboxylic acid groups (broad SMARTS) is 1. The standard InChI is InChI=1S/C22H21ClFNO4/c1-4-11(2)19(22(28)29)20-12(3)25(18-8-6-14(26)10-15(18)20)21(27)13-5-7-16(23)17(24)9-13/h5-11,19,26H,4H2,1-3H3,(H,28,29)/t11?,19-/m0/s1. The number of nitrogens with zero attached hydrogens (tertiary/aromatic N) is 1. The van der Waals surface area contributed by atoms with Crippen molar-refractivity contribution in [2.24, 2.45) is 5.92 Å². The normalized spacial score (nSPS) is 13.4. The third kappa shape index (κ3) is 3.60. The molecule has 1 unspecified atom stereocenters. The predicted molar refractivity (Wildman–Crippen MR) is 109 cm³/mol. The van der Waals surface area contributed by atoms with E-state index in [9.17, 15) is 24.2 Å².